The van der Waals surface area contributed by atoms with Gasteiger partial charge in [0.25, 0.3) is 0 Å². The zero-order valence-corrected chi connectivity index (χ0v) is 33.0. The van der Waals surface area contributed by atoms with Crippen molar-refractivity contribution in [2.45, 2.75) is 50.1 Å². The highest BCUT2D eigenvalue weighted by atomic mass is 16.5. The first-order valence-electron chi connectivity index (χ1n) is 20.3. The lowest BCUT2D eigenvalue weighted by Crippen LogP contribution is -2.41. The van der Waals surface area contributed by atoms with Crippen molar-refractivity contribution < 1.29 is 18.9 Å². The Morgan fingerprint density at radius 1 is 0.300 bits per heavy atom. The van der Waals surface area contributed by atoms with Crippen molar-refractivity contribution in [2.24, 2.45) is 0 Å². The van der Waals surface area contributed by atoms with Crippen LogP contribution in [-0.4, -0.2) is 19.9 Å². The molecule has 8 heteroatoms. The van der Waals surface area contributed by atoms with Crippen LogP contribution in [0.5, 0.6) is 23.8 Å². The average molecular weight is 789 g/mol. The van der Waals surface area contributed by atoms with E-state index in [-0.39, 0.29) is 35.7 Å². The number of aromatic nitrogens is 4. The second-order valence-corrected chi connectivity index (χ2v) is 14.8. The number of rotatable bonds is 16. The Bertz CT molecular complexity index is 2250. The Kier molecular flexibility index (Phi) is 11.8. The Morgan fingerprint density at radius 2 is 0.583 bits per heavy atom. The molecule has 2 aromatic heterocycles. The zero-order chi connectivity index (χ0) is 40.4. The normalized spacial score (nSPS) is 16.9. The minimum Gasteiger partial charge on any atom is -0.473 e. The lowest BCUT2D eigenvalue weighted by molar-refractivity contribution is 0.205. The summed E-state index contributed by atoms with van der Waals surface area (Å²) < 4.78 is 25.5. The number of hydrogen-bond acceptors (Lipinski definition) is 8. The molecule has 0 N–H and O–H groups in total. The molecule has 1 saturated carbocycles. The molecule has 8 nitrogen and oxygen atoms in total. The fourth-order valence-corrected chi connectivity index (χ4v) is 8.03. The summed E-state index contributed by atoms with van der Waals surface area (Å²) in [6.45, 7) is 1.34. The molecule has 0 radical (unpaired) electrons. The monoisotopic (exact) mass is 788 g/mol. The van der Waals surface area contributed by atoms with Crippen molar-refractivity contribution in [1.29, 1.82) is 0 Å². The van der Waals surface area contributed by atoms with Crippen LogP contribution in [0.1, 0.15) is 68.4 Å². The summed E-state index contributed by atoms with van der Waals surface area (Å²) in [6, 6.07) is 65.9. The third-order valence-electron chi connectivity index (χ3n) is 10.9. The molecule has 0 aliphatic heterocycles. The predicted octanol–water partition coefficient (Wildman–Crippen LogP) is 11.0. The van der Waals surface area contributed by atoms with E-state index in [0.717, 1.165) is 44.8 Å². The fraction of sp³-hybridized carbons (Fsp3) is 0.154. The topological polar surface area (TPSA) is 88.5 Å². The molecular formula is C52H44N4O4. The van der Waals surface area contributed by atoms with E-state index >= 15 is 0 Å². The number of nitrogens with zero attached hydrogens (tertiary/aromatic N) is 4. The van der Waals surface area contributed by atoms with Crippen LogP contribution in [0.3, 0.4) is 0 Å². The maximum atomic E-state index is 6.41. The van der Waals surface area contributed by atoms with Gasteiger partial charge in [-0.1, -0.05) is 182 Å². The van der Waals surface area contributed by atoms with E-state index in [1.54, 1.807) is 0 Å². The van der Waals surface area contributed by atoms with Gasteiger partial charge >= 0.3 is 12.0 Å². The van der Waals surface area contributed by atoms with Crippen LogP contribution in [0.15, 0.2) is 194 Å². The van der Waals surface area contributed by atoms with Gasteiger partial charge in [-0.2, -0.15) is 19.9 Å². The van der Waals surface area contributed by atoms with Gasteiger partial charge in [0.15, 0.2) is 0 Å². The molecule has 0 amide bonds. The number of hydrogen-bond donors (Lipinski definition) is 0. The Labute approximate surface area is 350 Å². The van der Waals surface area contributed by atoms with Crippen LogP contribution in [-0.2, 0) is 26.4 Å². The van der Waals surface area contributed by atoms with Crippen LogP contribution in [0.25, 0.3) is 0 Å². The highest BCUT2D eigenvalue weighted by Gasteiger charge is 2.54. The van der Waals surface area contributed by atoms with Crippen molar-refractivity contribution >= 4 is 0 Å². The Hall–Kier alpha value is -7.32. The third kappa shape index (κ3) is 9.19. The van der Waals surface area contributed by atoms with Crippen molar-refractivity contribution in [3.8, 4) is 23.8 Å². The summed E-state index contributed by atoms with van der Waals surface area (Å²) >= 11 is 0. The first-order valence-corrected chi connectivity index (χ1v) is 20.3. The third-order valence-corrected chi connectivity index (χ3v) is 10.9. The van der Waals surface area contributed by atoms with Crippen molar-refractivity contribution in [3.05, 3.63) is 239 Å². The molecule has 2 heterocycles. The quantitative estimate of drug-likeness (QED) is 0.0956. The molecule has 0 saturated heterocycles. The smallest absolute Gasteiger partial charge is 0.320 e. The van der Waals surface area contributed by atoms with Gasteiger partial charge in [-0.05, 0) is 33.4 Å². The second-order valence-electron chi connectivity index (χ2n) is 14.8. The van der Waals surface area contributed by atoms with Crippen LogP contribution in [0.4, 0.5) is 0 Å². The number of ether oxygens (including phenoxy) is 4. The van der Waals surface area contributed by atoms with Crippen LogP contribution < -0.4 is 18.9 Å². The first-order chi connectivity index (χ1) is 29.7. The van der Waals surface area contributed by atoms with E-state index in [2.05, 4.69) is 48.5 Å². The second kappa shape index (κ2) is 18.5. The molecule has 1 aliphatic carbocycles. The molecule has 9 rings (SSSR count). The first kappa shape index (κ1) is 38.2. The van der Waals surface area contributed by atoms with Crippen LogP contribution in [0.2, 0.25) is 0 Å². The summed E-state index contributed by atoms with van der Waals surface area (Å²) in [6.07, 6.45) is 0. The minimum atomic E-state index is -0.113. The molecular weight excluding hydrogens is 745 g/mol. The van der Waals surface area contributed by atoms with E-state index in [1.165, 1.54) is 0 Å². The standard InChI is InChI=1S/C52H44N4O4/c1-7-19-37(20-8-1)33-57-45-31-43(53-51(55-45)59-35-39-23-11-3-12-24-39)49-47(41-27-15-5-16-28-41)50(48(49)42-29-17-6-18-30-42)44-32-46(58-34-38-21-9-2-10-22-38)56-52(54-44)60-36-40-25-13-4-14-26-40/h1-32,47-50H,33-36H2/t47-,48-,49-,50-. The van der Waals surface area contributed by atoms with E-state index in [9.17, 15) is 0 Å². The minimum absolute atomic E-state index is 0.0610. The SMILES string of the molecule is c1ccc(COc2cc([C@H]3[C@H](c4ccccc4)[C@H](c4cc(OCc5ccccc5)nc(OCc5ccccc5)n4)[C@H]3c3ccccc3)nc(OCc3ccccc3)n2)cc1. The lowest BCUT2D eigenvalue weighted by atomic mass is 9.50. The molecule has 0 unspecified atom stereocenters. The molecule has 6 aromatic carbocycles. The summed E-state index contributed by atoms with van der Waals surface area (Å²) in [5.74, 6) is 0.549. The van der Waals surface area contributed by atoms with Gasteiger partial charge in [0.05, 0.1) is 11.4 Å². The van der Waals surface area contributed by atoms with E-state index < -0.39 is 0 Å². The van der Waals surface area contributed by atoms with Crippen molar-refractivity contribution in [1.82, 2.24) is 19.9 Å². The fourth-order valence-electron chi connectivity index (χ4n) is 8.03. The largest absolute Gasteiger partial charge is 0.473 e. The molecule has 60 heavy (non-hydrogen) atoms. The van der Waals surface area contributed by atoms with Gasteiger partial charge in [0, 0.05) is 35.8 Å². The van der Waals surface area contributed by atoms with E-state index in [4.69, 9.17) is 38.9 Å². The highest BCUT2D eigenvalue weighted by Crippen LogP contribution is 2.66. The Morgan fingerprint density at radius 3 is 0.900 bits per heavy atom. The van der Waals surface area contributed by atoms with Gasteiger partial charge in [0.2, 0.25) is 11.8 Å². The number of benzene rings is 6. The van der Waals surface area contributed by atoms with Crippen molar-refractivity contribution in [2.75, 3.05) is 0 Å². The van der Waals surface area contributed by atoms with Gasteiger partial charge in [-0.25, -0.2) is 0 Å². The Balaban J connectivity index is 1.14. The molecule has 0 bridgehead atoms. The lowest BCUT2D eigenvalue weighted by Gasteiger charge is -2.52. The summed E-state index contributed by atoms with van der Waals surface area (Å²) in [4.78, 5) is 19.9. The highest BCUT2D eigenvalue weighted by molar-refractivity contribution is 5.47. The summed E-state index contributed by atoms with van der Waals surface area (Å²) in [7, 11) is 0. The molecule has 0 spiro atoms. The maximum absolute atomic E-state index is 6.41. The van der Waals surface area contributed by atoms with Gasteiger partial charge in [-0.3, -0.25) is 0 Å². The van der Waals surface area contributed by atoms with Gasteiger partial charge < -0.3 is 18.9 Å². The van der Waals surface area contributed by atoms with Gasteiger partial charge in [-0.15, -0.1) is 0 Å². The van der Waals surface area contributed by atoms with Crippen molar-refractivity contribution in [3.63, 3.8) is 0 Å². The van der Waals surface area contributed by atoms with E-state index in [0.29, 0.717) is 38.2 Å². The van der Waals surface area contributed by atoms with E-state index in [1.807, 2.05) is 146 Å². The maximum Gasteiger partial charge on any atom is 0.320 e. The molecule has 8 aromatic rings. The van der Waals surface area contributed by atoms with Gasteiger partial charge in [0.1, 0.15) is 26.4 Å². The van der Waals surface area contributed by atoms with Crippen LogP contribution in [0, 0.1) is 0 Å². The molecule has 0 atom stereocenters. The average Bonchev–Trinajstić information content (AvgIpc) is 3.30. The summed E-state index contributed by atoms with van der Waals surface area (Å²) in [5.41, 5.74) is 8.09. The summed E-state index contributed by atoms with van der Waals surface area (Å²) in [5, 5.41) is 0. The molecule has 296 valence electrons. The molecule has 1 aliphatic rings. The zero-order valence-electron chi connectivity index (χ0n) is 33.0. The molecule has 1 fully saturated rings. The van der Waals surface area contributed by atoms with Crippen LogP contribution >= 0.6 is 0 Å². The predicted molar refractivity (Wildman–Crippen MR) is 231 cm³/mol.